The van der Waals surface area contributed by atoms with E-state index in [0.717, 1.165) is 28.9 Å². The van der Waals surface area contributed by atoms with Crippen molar-refractivity contribution < 1.29 is 4.79 Å². The monoisotopic (exact) mass is 288 g/mol. The van der Waals surface area contributed by atoms with Crippen LogP contribution in [0.25, 0.3) is 0 Å². The van der Waals surface area contributed by atoms with Gasteiger partial charge < -0.3 is 10.2 Å². The first-order valence-corrected chi connectivity index (χ1v) is 6.57. The second-order valence-electron chi connectivity index (χ2n) is 3.70. The largest absolute Gasteiger partial charge is 0.337 e. The van der Waals surface area contributed by atoms with E-state index in [2.05, 4.69) is 21.2 Å². The summed E-state index contributed by atoms with van der Waals surface area (Å²) in [6.45, 7) is 1.92. The molecule has 0 bridgehead atoms. The molecule has 3 nitrogen and oxygen atoms in total. The van der Waals surface area contributed by atoms with Gasteiger partial charge in [-0.3, -0.25) is 4.79 Å². The van der Waals surface area contributed by atoms with Crippen molar-refractivity contribution in [2.45, 2.75) is 12.5 Å². The Morgan fingerprint density at radius 1 is 1.73 bits per heavy atom. The highest BCUT2D eigenvalue weighted by atomic mass is 79.9. The molecule has 1 aromatic heterocycles. The third-order valence-electron chi connectivity index (χ3n) is 2.72. The van der Waals surface area contributed by atoms with Gasteiger partial charge in [0.15, 0.2) is 0 Å². The summed E-state index contributed by atoms with van der Waals surface area (Å²) in [5.41, 5.74) is 0.779. The molecule has 1 N–H and O–H groups in total. The number of amides is 1. The lowest BCUT2D eigenvalue weighted by molar-refractivity contribution is 0.0744. The molecule has 1 aliphatic rings. The van der Waals surface area contributed by atoms with Crippen LogP contribution in [-0.4, -0.2) is 37.0 Å². The van der Waals surface area contributed by atoms with Crippen molar-refractivity contribution in [3.8, 4) is 0 Å². The van der Waals surface area contributed by atoms with Crippen molar-refractivity contribution in [2.75, 3.05) is 20.1 Å². The molecule has 1 saturated heterocycles. The molecule has 0 spiro atoms. The first kappa shape index (κ1) is 11.1. The normalized spacial score (nSPS) is 20.5. The molecule has 0 aromatic carbocycles. The minimum absolute atomic E-state index is 0.116. The minimum Gasteiger partial charge on any atom is -0.337 e. The molecule has 1 unspecified atom stereocenters. The Morgan fingerprint density at radius 3 is 3.07 bits per heavy atom. The Balaban J connectivity index is 2.06. The van der Waals surface area contributed by atoms with Crippen LogP contribution in [0.2, 0.25) is 0 Å². The maximum absolute atomic E-state index is 12.0. The molecule has 15 heavy (non-hydrogen) atoms. The second-order valence-corrected chi connectivity index (χ2v) is 5.99. The molecule has 0 aliphatic carbocycles. The minimum atomic E-state index is 0.116. The van der Waals surface area contributed by atoms with Crippen LogP contribution in [0.15, 0.2) is 15.2 Å². The average Bonchev–Trinajstić information content (AvgIpc) is 2.85. The van der Waals surface area contributed by atoms with E-state index < -0.39 is 0 Å². The van der Waals surface area contributed by atoms with E-state index in [0.29, 0.717) is 6.04 Å². The zero-order valence-electron chi connectivity index (χ0n) is 8.50. The summed E-state index contributed by atoms with van der Waals surface area (Å²) in [5, 5.41) is 5.16. The fraction of sp³-hybridized carbons (Fsp3) is 0.500. The van der Waals surface area contributed by atoms with E-state index in [4.69, 9.17) is 0 Å². The summed E-state index contributed by atoms with van der Waals surface area (Å²) >= 11 is 4.91. The van der Waals surface area contributed by atoms with Gasteiger partial charge in [0.2, 0.25) is 0 Å². The topological polar surface area (TPSA) is 32.3 Å². The number of likely N-dealkylation sites (N-methyl/N-ethyl adjacent to an activating group) is 1. The van der Waals surface area contributed by atoms with E-state index in [1.54, 1.807) is 11.3 Å². The van der Waals surface area contributed by atoms with Gasteiger partial charge in [-0.05, 0) is 35.0 Å². The lowest BCUT2D eigenvalue weighted by Crippen LogP contribution is -2.38. The summed E-state index contributed by atoms with van der Waals surface area (Å²) in [5.74, 6) is 0.116. The van der Waals surface area contributed by atoms with Crippen LogP contribution in [0.3, 0.4) is 0 Å². The number of carbonyl (C=O) groups excluding carboxylic acids is 1. The van der Waals surface area contributed by atoms with E-state index >= 15 is 0 Å². The third-order valence-corrected chi connectivity index (χ3v) is 4.22. The van der Waals surface area contributed by atoms with Crippen LogP contribution in [0.5, 0.6) is 0 Å². The van der Waals surface area contributed by atoms with Crippen molar-refractivity contribution in [1.82, 2.24) is 10.2 Å². The quantitative estimate of drug-likeness (QED) is 0.902. The molecule has 0 saturated carbocycles. The fourth-order valence-electron chi connectivity index (χ4n) is 1.76. The van der Waals surface area contributed by atoms with Gasteiger partial charge in [0.25, 0.3) is 5.91 Å². The van der Waals surface area contributed by atoms with Crippen molar-refractivity contribution in [3.05, 3.63) is 20.8 Å². The van der Waals surface area contributed by atoms with E-state index in [1.807, 2.05) is 23.4 Å². The van der Waals surface area contributed by atoms with Gasteiger partial charge >= 0.3 is 0 Å². The lowest BCUT2D eigenvalue weighted by atomic mass is 10.2. The number of carbonyl (C=O) groups is 1. The van der Waals surface area contributed by atoms with E-state index in [9.17, 15) is 4.79 Å². The van der Waals surface area contributed by atoms with Gasteiger partial charge in [-0.15, -0.1) is 11.3 Å². The zero-order valence-corrected chi connectivity index (χ0v) is 10.9. The maximum Gasteiger partial charge on any atom is 0.254 e. The number of rotatable bonds is 2. The number of nitrogens with one attached hydrogen (secondary N) is 1. The predicted molar refractivity (Wildman–Crippen MR) is 65.4 cm³/mol. The van der Waals surface area contributed by atoms with Crippen LogP contribution < -0.4 is 5.32 Å². The fourth-order valence-corrected chi connectivity index (χ4v) is 2.89. The highest BCUT2D eigenvalue weighted by molar-refractivity contribution is 9.11. The van der Waals surface area contributed by atoms with E-state index in [-0.39, 0.29) is 5.91 Å². The highest BCUT2D eigenvalue weighted by Crippen LogP contribution is 2.22. The molecule has 2 rings (SSSR count). The van der Waals surface area contributed by atoms with Crippen molar-refractivity contribution in [2.24, 2.45) is 0 Å². The summed E-state index contributed by atoms with van der Waals surface area (Å²) in [4.78, 5) is 13.9. The molecule has 82 valence electrons. The molecule has 2 heterocycles. The van der Waals surface area contributed by atoms with Crippen molar-refractivity contribution >= 4 is 33.2 Å². The first-order chi connectivity index (χ1) is 7.18. The van der Waals surface area contributed by atoms with Crippen LogP contribution in [0.4, 0.5) is 0 Å². The zero-order chi connectivity index (χ0) is 10.8. The average molecular weight is 289 g/mol. The van der Waals surface area contributed by atoms with Gasteiger partial charge in [-0.2, -0.15) is 0 Å². The molecule has 1 aliphatic heterocycles. The highest BCUT2D eigenvalue weighted by Gasteiger charge is 2.24. The van der Waals surface area contributed by atoms with Gasteiger partial charge in [0, 0.05) is 25.0 Å². The summed E-state index contributed by atoms with van der Waals surface area (Å²) in [6.07, 6.45) is 1.05. The number of hydrogen-bond acceptors (Lipinski definition) is 3. The Bertz CT molecular complexity index is 360. The first-order valence-electron chi connectivity index (χ1n) is 4.90. The smallest absolute Gasteiger partial charge is 0.254 e. The Labute approximate surface area is 102 Å². The molecular formula is C10H13BrN2OS. The number of thiophene rings is 1. The van der Waals surface area contributed by atoms with Crippen LogP contribution in [0.1, 0.15) is 16.8 Å². The molecule has 1 aromatic rings. The van der Waals surface area contributed by atoms with Crippen LogP contribution >= 0.6 is 27.3 Å². The molecule has 5 heteroatoms. The SMILES string of the molecule is CN(C(=O)c1csc(Br)c1)C1CCNC1. The van der Waals surface area contributed by atoms with E-state index in [1.165, 1.54) is 0 Å². The summed E-state index contributed by atoms with van der Waals surface area (Å²) < 4.78 is 1.00. The Morgan fingerprint density at radius 2 is 2.53 bits per heavy atom. The Hall–Kier alpha value is -0.390. The predicted octanol–water partition coefficient (Wildman–Crippen LogP) is 1.94. The standard InChI is InChI=1S/C10H13BrN2OS/c1-13(8-2-3-12-5-8)10(14)7-4-9(11)15-6-7/h4,6,8,12H,2-3,5H2,1H3. The van der Waals surface area contributed by atoms with Crippen LogP contribution in [-0.2, 0) is 0 Å². The molecule has 1 amide bonds. The maximum atomic E-state index is 12.0. The second kappa shape index (κ2) is 4.63. The lowest BCUT2D eigenvalue weighted by Gasteiger charge is -2.23. The Kier molecular flexibility index (Phi) is 3.43. The van der Waals surface area contributed by atoms with Gasteiger partial charge in [-0.25, -0.2) is 0 Å². The molecular weight excluding hydrogens is 276 g/mol. The molecule has 1 atom stereocenters. The summed E-state index contributed by atoms with van der Waals surface area (Å²) in [6, 6.07) is 2.22. The molecule has 0 radical (unpaired) electrons. The van der Waals surface area contributed by atoms with Crippen LogP contribution in [0, 0.1) is 0 Å². The molecule has 1 fully saturated rings. The van der Waals surface area contributed by atoms with Gasteiger partial charge in [0.05, 0.1) is 9.35 Å². The number of hydrogen-bond donors (Lipinski definition) is 1. The number of halogens is 1. The van der Waals surface area contributed by atoms with Gasteiger partial charge in [0.1, 0.15) is 0 Å². The summed E-state index contributed by atoms with van der Waals surface area (Å²) in [7, 11) is 1.88. The third kappa shape index (κ3) is 2.41. The van der Waals surface area contributed by atoms with Crippen molar-refractivity contribution in [1.29, 1.82) is 0 Å². The van der Waals surface area contributed by atoms with Gasteiger partial charge in [-0.1, -0.05) is 0 Å². The van der Waals surface area contributed by atoms with Crippen molar-refractivity contribution in [3.63, 3.8) is 0 Å². The number of nitrogens with zero attached hydrogens (tertiary/aromatic N) is 1.